The van der Waals surface area contributed by atoms with E-state index in [4.69, 9.17) is 4.52 Å². The first-order valence-corrected chi connectivity index (χ1v) is 9.26. The largest absolute Gasteiger partial charge is 0.339 e. The molecule has 0 radical (unpaired) electrons. The first-order valence-electron chi connectivity index (χ1n) is 7.82. The van der Waals surface area contributed by atoms with Crippen molar-refractivity contribution in [3.05, 3.63) is 23.0 Å². The molecule has 2 aliphatic rings. The van der Waals surface area contributed by atoms with Gasteiger partial charge in [0, 0.05) is 25.7 Å². The van der Waals surface area contributed by atoms with Crippen molar-refractivity contribution in [1.29, 1.82) is 0 Å². The van der Waals surface area contributed by atoms with Crippen molar-refractivity contribution in [1.82, 2.24) is 24.2 Å². The molecule has 0 aromatic carbocycles. The third-order valence-electron chi connectivity index (χ3n) is 4.59. The molecule has 1 saturated heterocycles. The lowest BCUT2D eigenvalue weighted by Crippen LogP contribution is -2.49. The fraction of sp³-hybridized carbons (Fsp3) is 0.643. The molecule has 0 saturated carbocycles. The summed E-state index contributed by atoms with van der Waals surface area (Å²) in [6.45, 7) is 2.51. The van der Waals surface area contributed by atoms with Crippen molar-refractivity contribution in [2.75, 3.05) is 13.1 Å². The number of rotatable bonds is 3. The number of fused-ring (bicyclic) bond motifs is 1. The molecule has 0 unspecified atom stereocenters. The van der Waals surface area contributed by atoms with E-state index in [1.54, 1.807) is 14.0 Å². The molecular formula is C14H19N5O3S. The zero-order valence-electron chi connectivity index (χ0n) is 13.2. The van der Waals surface area contributed by atoms with Crippen LogP contribution in [0.3, 0.4) is 0 Å². The number of nitrogens with zero attached hydrogens (tertiary/aromatic N) is 5. The van der Waals surface area contributed by atoms with E-state index in [2.05, 4.69) is 15.2 Å². The van der Waals surface area contributed by atoms with Gasteiger partial charge < -0.3 is 4.52 Å². The molecule has 0 atom stereocenters. The summed E-state index contributed by atoms with van der Waals surface area (Å²) in [5.74, 6) is 1.07. The van der Waals surface area contributed by atoms with Crippen molar-refractivity contribution in [2.45, 2.75) is 43.6 Å². The topological polar surface area (TPSA) is 94.1 Å². The van der Waals surface area contributed by atoms with Gasteiger partial charge in [-0.3, -0.25) is 4.68 Å². The van der Waals surface area contributed by atoms with Gasteiger partial charge in [-0.05, 0) is 32.6 Å². The first-order chi connectivity index (χ1) is 11.0. The fourth-order valence-electron chi connectivity index (χ4n) is 3.37. The Morgan fingerprint density at radius 1 is 1.22 bits per heavy atom. The summed E-state index contributed by atoms with van der Waals surface area (Å²) in [7, 11) is -1.81. The van der Waals surface area contributed by atoms with E-state index in [-0.39, 0.29) is 5.92 Å². The maximum absolute atomic E-state index is 12.9. The van der Waals surface area contributed by atoms with Crippen LogP contribution in [-0.2, 0) is 29.9 Å². The van der Waals surface area contributed by atoms with E-state index in [0.717, 1.165) is 36.9 Å². The van der Waals surface area contributed by atoms with Crippen LogP contribution < -0.4 is 0 Å². The molecule has 1 aliphatic heterocycles. The molecule has 0 amide bonds. The average molecular weight is 337 g/mol. The fourth-order valence-corrected chi connectivity index (χ4v) is 5.27. The summed E-state index contributed by atoms with van der Waals surface area (Å²) in [5, 5.41) is 8.52. The van der Waals surface area contributed by atoms with Crippen LogP contribution >= 0.6 is 0 Å². The van der Waals surface area contributed by atoms with Crippen LogP contribution in [0.2, 0.25) is 0 Å². The standard InChI is InChI=1S/C14H19N5O3S/c1-9-15-13(22-17-9)10-7-19(8-10)23(20,21)14-11-5-3-4-6-12(11)16-18(14)2/h10H,3-8H2,1-2H3. The Labute approximate surface area is 134 Å². The number of hydrogen-bond donors (Lipinski definition) is 0. The van der Waals surface area contributed by atoms with Crippen LogP contribution in [0.4, 0.5) is 0 Å². The Kier molecular flexibility index (Phi) is 3.31. The van der Waals surface area contributed by atoms with Gasteiger partial charge in [0.05, 0.1) is 11.6 Å². The highest BCUT2D eigenvalue weighted by Gasteiger charge is 2.43. The second-order valence-corrected chi connectivity index (χ2v) is 8.11. The molecular weight excluding hydrogens is 318 g/mol. The lowest BCUT2D eigenvalue weighted by atomic mass is 9.99. The normalized spacial score (nSPS) is 19.6. The Bertz CT molecular complexity index is 848. The predicted octanol–water partition coefficient (Wildman–Crippen LogP) is 0.778. The maximum Gasteiger partial charge on any atom is 0.260 e. The maximum atomic E-state index is 12.9. The molecule has 4 rings (SSSR count). The SMILES string of the molecule is Cc1noc(C2CN(S(=O)(=O)c3c4c(nn3C)CCCC4)C2)n1. The van der Waals surface area contributed by atoms with Gasteiger partial charge in [-0.15, -0.1) is 0 Å². The molecule has 0 spiro atoms. The molecule has 23 heavy (non-hydrogen) atoms. The molecule has 2 aromatic rings. The van der Waals surface area contributed by atoms with E-state index in [1.165, 1.54) is 8.99 Å². The number of hydrogen-bond acceptors (Lipinski definition) is 6. The van der Waals surface area contributed by atoms with Crippen LogP contribution in [0.1, 0.15) is 41.7 Å². The monoisotopic (exact) mass is 337 g/mol. The van der Waals surface area contributed by atoms with Crippen LogP contribution in [0.15, 0.2) is 9.55 Å². The highest BCUT2D eigenvalue weighted by atomic mass is 32.2. The Hall–Kier alpha value is -1.74. The summed E-state index contributed by atoms with van der Waals surface area (Å²) < 4.78 is 34.0. The Morgan fingerprint density at radius 3 is 2.65 bits per heavy atom. The minimum absolute atomic E-state index is 0.0185. The van der Waals surface area contributed by atoms with Gasteiger partial charge in [0.2, 0.25) is 5.89 Å². The first kappa shape index (κ1) is 14.8. The predicted molar refractivity (Wildman–Crippen MR) is 80.4 cm³/mol. The molecule has 124 valence electrons. The minimum atomic E-state index is -3.52. The minimum Gasteiger partial charge on any atom is -0.339 e. The third kappa shape index (κ3) is 2.29. The zero-order chi connectivity index (χ0) is 16.2. The van der Waals surface area contributed by atoms with Gasteiger partial charge in [0.25, 0.3) is 10.0 Å². The Morgan fingerprint density at radius 2 is 1.96 bits per heavy atom. The van der Waals surface area contributed by atoms with Crippen LogP contribution in [0.25, 0.3) is 0 Å². The summed E-state index contributed by atoms with van der Waals surface area (Å²) in [5.41, 5.74) is 1.83. The van der Waals surface area contributed by atoms with Crippen molar-refractivity contribution >= 4 is 10.0 Å². The van der Waals surface area contributed by atoms with E-state index >= 15 is 0 Å². The Balaban J connectivity index is 1.59. The summed E-state index contributed by atoms with van der Waals surface area (Å²) in [6.07, 6.45) is 3.75. The molecule has 0 bridgehead atoms. The van der Waals surface area contributed by atoms with Crippen molar-refractivity contribution in [3.8, 4) is 0 Å². The van der Waals surface area contributed by atoms with Gasteiger partial charge >= 0.3 is 0 Å². The molecule has 9 heteroatoms. The van der Waals surface area contributed by atoms with Crippen LogP contribution in [0.5, 0.6) is 0 Å². The van der Waals surface area contributed by atoms with Gasteiger partial charge in [0.15, 0.2) is 10.9 Å². The third-order valence-corrected chi connectivity index (χ3v) is 6.56. The van der Waals surface area contributed by atoms with Gasteiger partial charge in [0.1, 0.15) is 0 Å². The van der Waals surface area contributed by atoms with Gasteiger partial charge in [-0.25, -0.2) is 8.42 Å². The molecule has 1 aliphatic carbocycles. The van der Waals surface area contributed by atoms with Crippen LogP contribution in [-0.4, -0.2) is 45.7 Å². The van der Waals surface area contributed by atoms with Gasteiger partial charge in [-0.2, -0.15) is 14.4 Å². The smallest absolute Gasteiger partial charge is 0.260 e. The van der Waals surface area contributed by atoms with E-state index < -0.39 is 10.0 Å². The lowest BCUT2D eigenvalue weighted by Gasteiger charge is -2.35. The summed E-state index contributed by atoms with van der Waals surface area (Å²) in [6, 6.07) is 0. The summed E-state index contributed by atoms with van der Waals surface area (Å²) >= 11 is 0. The van der Waals surface area contributed by atoms with Crippen molar-refractivity contribution < 1.29 is 12.9 Å². The molecule has 2 aromatic heterocycles. The summed E-state index contributed by atoms with van der Waals surface area (Å²) in [4.78, 5) is 4.18. The molecule has 8 nitrogen and oxygen atoms in total. The quantitative estimate of drug-likeness (QED) is 0.821. The van der Waals surface area contributed by atoms with E-state index in [1.807, 2.05) is 0 Å². The van der Waals surface area contributed by atoms with E-state index in [9.17, 15) is 8.42 Å². The second kappa shape index (κ2) is 5.13. The highest BCUT2D eigenvalue weighted by molar-refractivity contribution is 7.89. The second-order valence-electron chi connectivity index (χ2n) is 6.26. The molecule has 0 N–H and O–H groups in total. The van der Waals surface area contributed by atoms with Crippen molar-refractivity contribution in [2.24, 2.45) is 7.05 Å². The number of aromatic nitrogens is 4. The molecule has 1 fully saturated rings. The van der Waals surface area contributed by atoms with Crippen molar-refractivity contribution in [3.63, 3.8) is 0 Å². The molecule has 3 heterocycles. The highest BCUT2D eigenvalue weighted by Crippen LogP contribution is 2.34. The number of sulfonamides is 1. The van der Waals surface area contributed by atoms with E-state index in [0.29, 0.717) is 29.8 Å². The van der Waals surface area contributed by atoms with Gasteiger partial charge in [-0.1, -0.05) is 5.16 Å². The lowest BCUT2D eigenvalue weighted by molar-refractivity contribution is 0.215. The van der Waals surface area contributed by atoms with Crippen LogP contribution in [0, 0.1) is 6.92 Å². The number of aryl methyl sites for hydroxylation is 3. The zero-order valence-corrected chi connectivity index (χ0v) is 14.0. The average Bonchev–Trinajstić information content (AvgIpc) is 2.99.